The number of anilines is 6. The largest absolute Gasteiger partial charge is 0.311 e. The lowest BCUT2D eigenvalue weighted by Gasteiger charge is -2.45. The smallest absolute Gasteiger partial charge is 0.252 e. The van der Waals surface area contributed by atoms with Gasteiger partial charge in [-0.25, -0.2) is 9.97 Å². The van der Waals surface area contributed by atoms with Crippen molar-refractivity contribution in [2.24, 2.45) is 0 Å². The number of hydrogen-bond acceptors (Lipinski definition) is 4. The van der Waals surface area contributed by atoms with Crippen molar-refractivity contribution >= 4 is 100 Å². The van der Waals surface area contributed by atoms with Gasteiger partial charge in [-0.15, -0.1) is 0 Å². The third-order valence-corrected chi connectivity index (χ3v) is 15.4. The summed E-state index contributed by atoms with van der Waals surface area (Å²) in [4.78, 5) is 15.2. The second-order valence-electron chi connectivity index (χ2n) is 24.5. The van der Waals surface area contributed by atoms with Crippen LogP contribution < -0.4 is 26.2 Å². The van der Waals surface area contributed by atoms with Gasteiger partial charge in [-0.1, -0.05) is 180 Å². The molecule has 0 amide bonds. The normalized spacial score (nSPS) is 13.8. The van der Waals surface area contributed by atoms with Crippen LogP contribution in [0.2, 0.25) is 0 Å². The predicted molar refractivity (Wildman–Crippen MR) is 306 cm³/mol. The Morgan fingerprint density at radius 2 is 0.732 bits per heavy atom. The number of nitrogens with zero attached hydrogens (tertiary/aromatic N) is 4. The van der Waals surface area contributed by atoms with E-state index in [-0.39, 0.29) is 28.4 Å². The molecule has 9 aromatic carbocycles. The van der Waals surface area contributed by atoms with Crippen molar-refractivity contribution in [2.45, 2.75) is 105 Å². The molecule has 350 valence electrons. The van der Waals surface area contributed by atoms with Crippen molar-refractivity contribution in [3.63, 3.8) is 0 Å². The minimum absolute atomic E-state index is 0.0975. The monoisotopic (exact) mass is 923 g/mol. The van der Waals surface area contributed by atoms with Crippen molar-refractivity contribution in [3.8, 4) is 11.4 Å². The van der Waals surface area contributed by atoms with E-state index < -0.39 is 0 Å². The van der Waals surface area contributed by atoms with Gasteiger partial charge < -0.3 is 9.80 Å². The van der Waals surface area contributed by atoms with Gasteiger partial charge in [0.25, 0.3) is 6.71 Å². The van der Waals surface area contributed by atoms with Crippen molar-refractivity contribution in [1.29, 1.82) is 0 Å². The predicted octanol–water partition coefficient (Wildman–Crippen LogP) is 16.0. The van der Waals surface area contributed by atoms with E-state index in [2.05, 4.69) is 238 Å². The number of rotatable bonds is 3. The van der Waals surface area contributed by atoms with E-state index in [1.54, 1.807) is 0 Å². The molecule has 3 heterocycles. The molecule has 2 aliphatic rings. The molecule has 2 aliphatic heterocycles. The Morgan fingerprint density at radius 1 is 0.352 bits per heavy atom. The standard InChI is InChI=1S/C66H63BN4/c1-63(2,3)45-32-46(64(4,5)6)35-49(34-45)70-57-38-53-42(24-22-40-18-13-15-20-51(40)53)28-55(57)67-56-29-43-25-23-41-19-14-16-21-52(41)54(43)39-58(56)71(50-36-47(65(7,8)9)33-48(37-50)66(10,11)12)60-31-44(30-59(70)61(60)67)62-68-26-17-27-69-62/h13-39H,1-12H3. The highest BCUT2D eigenvalue weighted by atomic mass is 15.2. The molecule has 12 rings (SSSR count). The van der Waals surface area contributed by atoms with Crippen molar-refractivity contribution < 1.29 is 0 Å². The van der Waals surface area contributed by atoms with Gasteiger partial charge in [0.15, 0.2) is 5.82 Å². The molecule has 0 saturated heterocycles. The molecule has 0 radical (unpaired) electrons. The minimum atomic E-state index is -0.101. The quantitative estimate of drug-likeness (QED) is 0.131. The van der Waals surface area contributed by atoms with Crippen molar-refractivity contribution in [1.82, 2.24) is 9.97 Å². The van der Waals surface area contributed by atoms with Crippen LogP contribution in [0.1, 0.15) is 105 Å². The van der Waals surface area contributed by atoms with Gasteiger partial charge in [0, 0.05) is 52.1 Å². The zero-order chi connectivity index (χ0) is 49.5. The Kier molecular flexibility index (Phi) is 9.89. The summed E-state index contributed by atoms with van der Waals surface area (Å²) in [5, 5.41) is 9.96. The fourth-order valence-electron chi connectivity index (χ4n) is 11.3. The molecule has 10 aromatic rings. The first kappa shape index (κ1) is 44.9. The second kappa shape index (κ2) is 15.6. The van der Waals surface area contributed by atoms with Gasteiger partial charge in [0.2, 0.25) is 0 Å². The maximum Gasteiger partial charge on any atom is 0.252 e. The minimum Gasteiger partial charge on any atom is -0.311 e. The molecule has 0 unspecified atom stereocenters. The summed E-state index contributed by atoms with van der Waals surface area (Å²) in [6.07, 6.45) is 3.74. The first-order valence-electron chi connectivity index (χ1n) is 25.5. The molecule has 1 aromatic heterocycles. The molecule has 4 nitrogen and oxygen atoms in total. The third kappa shape index (κ3) is 7.42. The summed E-state index contributed by atoms with van der Waals surface area (Å²) < 4.78 is 0. The summed E-state index contributed by atoms with van der Waals surface area (Å²) in [6.45, 7) is 28.0. The Bertz CT molecular complexity index is 3530. The average Bonchev–Trinajstić information content (AvgIpc) is 3.34. The van der Waals surface area contributed by atoms with Crippen LogP contribution in [-0.2, 0) is 21.7 Å². The van der Waals surface area contributed by atoms with Gasteiger partial charge in [-0.3, -0.25) is 0 Å². The molecule has 0 saturated carbocycles. The van der Waals surface area contributed by atoms with Crippen LogP contribution in [0.3, 0.4) is 0 Å². The first-order valence-corrected chi connectivity index (χ1v) is 25.5. The topological polar surface area (TPSA) is 32.3 Å². The number of benzene rings is 9. The summed E-state index contributed by atoms with van der Waals surface area (Å²) >= 11 is 0. The average molecular weight is 923 g/mol. The summed E-state index contributed by atoms with van der Waals surface area (Å²) in [5.74, 6) is 0.700. The molecule has 71 heavy (non-hydrogen) atoms. The maximum atomic E-state index is 4.98. The Morgan fingerprint density at radius 3 is 1.13 bits per heavy atom. The van der Waals surface area contributed by atoms with Gasteiger partial charge in [-0.05, 0) is 158 Å². The molecule has 0 bridgehead atoms. The van der Waals surface area contributed by atoms with Gasteiger partial charge in [0.1, 0.15) is 0 Å². The SMILES string of the molecule is CC(C)(C)c1cc(N2c3cc4c(ccc5ccccc54)cc3B3c4cc5ccc6ccccc6c5cc4N(c4cc(C(C)(C)C)cc(C(C)(C)C)c4)c4cc(-c5ncccn5)cc2c43)cc(C(C)(C)C)c1. The Labute approximate surface area is 420 Å². The fourth-order valence-corrected chi connectivity index (χ4v) is 11.3. The van der Waals surface area contributed by atoms with Crippen LogP contribution >= 0.6 is 0 Å². The van der Waals surface area contributed by atoms with E-state index in [4.69, 9.17) is 9.97 Å². The van der Waals surface area contributed by atoms with E-state index in [9.17, 15) is 0 Å². The van der Waals surface area contributed by atoms with E-state index in [1.807, 2.05) is 18.5 Å². The maximum absolute atomic E-state index is 4.98. The van der Waals surface area contributed by atoms with Gasteiger partial charge >= 0.3 is 0 Å². The molecular formula is C66H63BN4. The highest BCUT2D eigenvalue weighted by Gasteiger charge is 2.45. The molecular weight excluding hydrogens is 860 g/mol. The first-order chi connectivity index (χ1) is 33.7. The van der Waals surface area contributed by atoms with Crippen molar-refractivity contribution in [2.75, 3.05) is 9.80 Å². The van der Waals surface area contributed by atoms with Crippen molar-refractivity contribution in [3.05, 3.63) is 186 Å². The second-order valence-corrected chi connectivity index (χ2v) is 24.5. The zero-order valence-electron chi connectivity index (χ0n) is 43.5. The lowest BCUT2D eigenvalue weighted by Crippen LogP contribution is -2.61. The summed E-state index contributed by atoms with van der Waals surface area (Å²) in [5.41, 5.74) is 16.7. The molecule has 0 fully saturated rings. The lowest BCUT2D eigenvalue weighted by molar-refractivity contribution is 0.568. The molecule has 0 N–H and O–H groups in total. The summed E-state index contributed by atoms with van der Waals surface area (Å²) in [6, 6.07) is 58.4. The Hall–Kier alpha value is -7.24. The van der Waals surface area contributed by atoms with E-state index in [1.165, 1.54) is 93.1 Å². The molecule has 5 heteroatoms. The zero-order valence-corrected chi connectivity index (χ0v) is 43.5. The molecule has 0 atom stereocenters. The lowest BCUT2D eigenvalue weighted by atomic mass is 9.33. The highest BCUT2D eigenvalue weighted by molar-refractivity contribution is 7.00. The molecule has 0 aliphatic carbocycles. The van der Waals surface area contributed by atoms with E-state index in [0.29, 0.717) is 5.82 Å². The van der Waals surface area contributed by atoms with Gasteiger partial charge in [-0.2, -0.15) is 0 Å². The Balaban J connectivity index is 1.28. The molecule has 0 spiro atoms. The summed E-state index contributed by atoms with van der Waals surface area (Å²) in [7, 11) is 0. The number of hydrogen-bond donors (Lipinski definition) is 0. The third-order valence-electron chi connectivity index (χ3n) is 15.4. The van der Waals surface area contributed by atoms with E-state index in [0.717, 1.165) is 28.3 Å². The number of aromatic nitrogens is 2. The van der Waals surface area contributed by atoms with Crippen LogP contribution in [0.15, 0.2) is 164 Å². The highest BCUT2D eigenvalue weighted by Crippen LogP contribution is 2.50. The fraction of sp³-hybridized carbons (Fsp3) is 0.242. The number of fused-ring (bicyclic) bond motifs is 10. The van der Waals surface area contributed by atoms with E-state index >= 15 is 0 Å². The van der Waals surface area contributed by atoms with Crippen LogP contribution in [-0.4, -0.2) is 16.7 Å². The van der Waals surface area contributed by atoms with Gasteiger partial charge in [0.05, 0.1) is 0 Å². The van der Waals surface area contributed by atoms with Crippen LogP contribution in [0.25, 0.3) is 54.5 Å². The van der Waals surface area contributed by atoms with Crippen LogP contribution in [0, 0.1) is 0 Å². The van der Waals surface area contributed by atoms with Crippen LogP contribution in [0.4, 0.5) is 34.1 Å². The van der Waals surface area contributed by atoms with Crippen LogP contribution in [0.5, 0.6) is 0 Å².